The van der Waals surface area contributed by atoms with E-state index in [1.54, 1.807) is 0 Å². The van der Waals surface area contributed by atoms with Gasteiger partial charge in [-0.25, -0.2) is 4.79 Å². The van der Waals surface area contributed by atoms with Crippen molar-refractivity contribution in [1.82, 2.24) is 10.2 Å². The molecule has 0 saturated carbocycles. The summed E-state index contributed by atoms with van der Waals surface area (Å²) in [6.45, 7) is 13.6. The van der Waals surface area contributed by atoms with Gasteiger partial charge in [-0.15, -0.1) is 0 Å². The number of ether oxygens (including phenoxy) is 4. The fraction of sp³-hybridized carbons (Fsp3) is 0.843. The van der Waals surface area contributed by atoms with Crippen LogP contribution in [0.25, 0.3) is 0 Å². The number of hydrogen-bond acceptors (Lipinski definition) is 9. The van der Waals surface area contributed by atoms with Crippen molar-refractivity contribution in [2.45, 2.75) is 227 Å². The van der Waals surface area contributed by atoms with Crippen LogP contribution in [0, 0.1) is 5.92 Å². The Morgan fingerprint density at radius 2 is 0.934 bits per heavy atom. The van der Waals surface area contributed by atoms with Gasteiger partial charge in [0.2, 0.25) is 0 Å². The first-order valence-electron chi connectivity index (χ1n) is 25.2. The van der Waals surface area contributed by atoms with Crippen LogP contribution in [0.2, 0.25) is 0 Å². The van der Waals surface area contributed by atoms with E-state index in [2.05, 4.69) is 69.1 Å². The molecule has 1 atom stereocenters. The highest BCUT2D eigenvalue weighted by molar-refractivity contribution is 5.72. The van der Waals surface area contributed by atoms with Crippen LogP contribution in [0.1, 0.15) is 221 Å². The Balaban J connectivity index is 4.76. The molecule has 0 aromatic rings. The van der Waals surface area contributed by atoms with E-state index in [9.17, 15) is 19.2 Å². The molecule has 61 heavy (non-hydrogen) atoms. The lowest BCUT2D eigenvalue weighted by molar-refractivity contribution is -0.150. The maximum atomic E-state index is 12.8. The van der Waals surface area contributed by atoms with Gasteiger partial charge in [-0.3, -0.25) is 14.4 Å². The van der Waals surface area contributed by atoms with Crippen LogP contribution in [-0.4, -0.2) is 81.0 Å². The van der Waals surface area contributed by atoms with Gasteiger partial charge in [0.1, 0.15) is 25.9 Å². The van der Waals surface area contributed by atoms with Crippen LogP contribution in [0.5, 0.6) is 0 Å². The Kier molecular flexibility index (Phi) is 43.0. The monoisotopic (exact) mass is 863 g/mol. The lowest BCUT2D eigenvalue weighted by Gasteiger charge is -2.19. The average Bonchev–Trinajstić information content (AvgIpc) is 3.25. The minimum Gasteiger partial charge on any atom is -0.465 e. The first-order valence-corrected chi connectivity index (χ1v) is 25.2. The second kappa shape index (κ2) is 45.2. The third kappa shape index (κ3) is 40.9. The minimum absolute atomic E-state index is 0.0238. The third-order valence-electron chi connectivity index (χ3n) is 11.2. The number of allylic oxidation sites excluding steroid dienone is 4. The zero-order chi connectivity index (χ0) is 44.9. The zero-order valence-corrected chi connectivity index (χ0v) is 40.1. The van der Waals surface area contributed by atoms with E-state index < -0.39 is 18.0 Å². The lowest BCUT2D eigenvalue weighted by atomic mass is 10.0. The van der Waals surface area contributed by atoms with Crippen molar-refractivity contribution in [3.05, 3.63) is 24.3 Å². The normalized spacial score (nSPS) is 12.1. The molecule has 10 heteroatoms. The van der Waals surface area contributed by atoms with Crippen molar-refractivity contribution < 1.29 is 38.1 Å². The van der Waals surface area contributed by atoms with Gasteiger partial charge >= 0.3 is 24.0 Å². The summed E-state index contributed by atoms with van der Waals surface area (Å²) in [6, 6.07) is 0. The fourth-order valence-electron chi connectivity index (χ4n) is 7.08. The van der Waals surface area contributed by atoms with Crippen molar-refractivity contribution >= 4 is 24.0 Å². The number of nitrogens with zero attached hydrogens (tertiary/aromatic N) is 1. The standard InChI is InChI=1S/C51H94N2O8/c1-6-11-14-17-20-21-22-23-24-25-26-27-28-31-34-38-48(54)58-43-46(45-60-51(57)52-41-42-53(9-4)10-5)44-59-49(55)39-35-40-50(56)61-47(36-32-29-18-15-12-7-2)37-33-30-19-16-13-8-3/h20-21,23-24,46-47H,6-19,22,25-45H2,1-5H3,(H,52,57)/b21-20-,24-23-. The molecule has 1 unspecified atom stereocenters. The summed E-state index contributed by atoms with van der Waals surface area (Å²) in [4.78, 5) is 52.8. The maximum absolute atomic E-state index is 12.8. The molecule has 0 aliphatic heterocycles. The molecule has 0 bridgehead atoms. The Morgan fingerprint density at radius 3 is 1.49 bits per heavy atom. The van der Waals surface area contributed by atoms with Crippen LogP contribution in [0.4, 0.5) is 4.79 Å². The molecule has 0 spiro atoms. The number of alkyl carbamates (subject to hydrolysis) is 1. The van der Waals surface area contributed by atoms with Gasteiger partial charge in [0.15, 0.2) is 0 Å². The third-order valence-corrected chi connectivity index (χ3v) is 11.2. The Labute approximate surface area is 374 Å². The zero-order valence-electron chi connectivity index (χ0n) is 40.1. The van der Waals surface area contributed by atoms with E-state index in [1.807, 2.05) is 0 Å². The molecule has 0 saturated heterocycles. The van der Waals surface area contributed by atoms with E-state index in [1.165, 1.54) is 89.9 Å². The Hall–Kier alpha value is -2.88. The molecule has 0 aromatic heterocycles. The maximum Gasteiger partial charge on any atom is 0.407 e. The van der Waals surface area contributed by atoms with Crippen LogP contribution in [0.3, 0.4) is 0 Å². The van der Waals surface area contributed by atoms with Crippen molar-refractivity contribution in [1.29, 1.82) is 0 Å². The predicted octanol–water partition coefficient (Wildman–Crippen LogP) is 13.2. The van der Waals surface area contributed by atoms with E-state index in [0.717, 1.165) is 83.7 Å². The number of unbranched alkanes of at least 4 members (excludes halogenated alkanes) is 18. The fourth-order valence-corrected chi connectivity index (χ4v) is 7.08. The van der Waals surface area contributed by atoms with Crippen LogP contribution >= 0.6 is 0 Å². The highest BCUT2D eigenvalue weighted by atomic mass is 16.6. The number of nitrogens with one attached hydrogen (secondary N) is 1. The summed E-state index contributed by atoms with van der Waals surface area (Å²) >= 11 is 0. The van der Waals surface area contributed by atoms with Gasteiger partial charge < -0.3 is 29.2 Å². The molecule has 0 aromatic carbocycles. The van der Waals surface area contributed by atoms with Gasteiger partial charge in [-0.2, -0.15) is 0 Å². The molecule has 0 rings (SSSR count). The van der Waals surface area contributed by atoms with Crippen LogP contribution in [-0.2, 0) is 33.3 Å². The molecule has 0 aliphatic rings. The van der Waals surface area contributed by atoms with Crippen molar-refractivity contribution in [2.24, 2.45) is 5.92 Å². The van der Waals surface area contributed by atoms with Gasteiger partial charge in [0, 0.05) is 32.4 Å². The molecule has 356 valence electrons. The molecule has 0 radical (unpaired) electrons. The molecule has 0 fully saturated rings. The highest BCUT2D eigenvalue weighted by Crippen LogP contribution is 2.18. The summed E-state index contributed by atoms with van der Waals surface area (Å²) in [5.41, 5.74) is 0. The molecule has 10 nitrogen and oxygen atoms in total. The first-order chi connectivity index (χ1) is 29.8. The minimum atomic E-state index is -0.565. The quantitative estimate of drug-likeness (QED) is 0.0276. The number of likely N-dealkylation sites (N-methyl/N-ethyl adjacent to an activating group) is 1. The Morgan fingerprint density at radius 1 is 0.492 bits per heavy atom. The van der Waals surface area contributed by atoms with E-state index in [-0.39, 0.29) is 50.7 Å². The van der Waals surface area contributed by atoms with Gasteiger partial charge in [-0.05, 0) is 83.7 Å². The summed E-state index contributed by atoms with van der Waals surface area (Å²) in [5.74, 6) is -1.53. The molecule has 1 amide bonds. The molecular formula is C51H94N2O8. The molecule has 0 heterocycles. The number of carbonyl (C=O) groups is 4. The summed E-state index contributed by atoms with van der Waals surface area (Å²) in [5, 5.41) is 2.76. The smallest absolute Gasteiger partial charge is 0.407 e. The van der Waals surface area contributed by atoms with Crippen LogP contribution in [0.15, 0.2) is 24.3 Å². The second-order valence-corrected chi connectivity index (χ2v) is 16.8. The van der Waals surface area contributed by atoms with E-state index in [4.69, 9.17) is 18.9 Å². The highest BCUT2D eigenvalue weighted by Gasteiger charge is 2.19. The number of amides is 1. The average molecular weight is 863 g/mol. The van der Waals surface area contributed by atoms with Crippen molar-refractivity contribution in [2.75, 3.05) is 46.0 Å². The number of rotatable bonds is 44. The second-order valence-electron chi connectivity index (χ2n) is 16.8. The Bertz CT molecular complexity index is 1080. The van der Waals surface area contributed by atoms with E-state index >= 15 is 0 Å². The topological polar surface area (TPSA) is 120 Å². The number of esters is 3. The lowest BCUT2D eigenvalue weighted by Crippen LogP contribution is -2.36. The summed E-state index contributed by atoms with van der Waals surface area (Å²) < 4.78 is 22.5. The van der Waals surface area contributed by atoms with Gasteiger partial charge in [0.25, 0.3) is 0 Å². The predicted molar refractivity (Wildman–Crippen MR) is 252 cm³/mol. The SMILES string of the molecule is CCCCC/C=C\C/C=C\CCCCCCCC(=O)OCC(COC(=O)CCCC(=O)OC(CCCCCCCC)CCCCCCCC)COC(=O)NCCN(CC)CC. The van der Waals surface area contributed by atoms with Crippen molar-refractivity contribution in [3.63, 3.8) is 0 Å². The molecule has 0 aliphatic carbocycles. The van der Waals surface area contributed by atoms with Gasteiger partial charge in [-0.1, -0.05) is 155 Å². The van der Waals surface area contributed by atoms with Gasteiger partial charge in [0.05, 0.1) is 5.92 Å². The van der Waals surface area contributed by atoms with E-state index in [0.29, 0.717) is 25.9 Å². The molecular weight excluding hydrogens is 769 g/mol. The molecule has 1 N–H and O–H groups in total. The largest absolute Gasteiger partial charge is 0.465 e. The number of hydrogen-bond donors (Lipinski definition) is 1. The summed E-state index contributed by atoms with van der Waals surface area (Å²) in [6.07, 6.45) is 37.7. The van der Waals surface area contributed by atoms with Crippen molar-refractivity contribution in [3.8, 4) is 0 Å². The number of carbonyl (C=O) groups excluding carboxylic acids is 4. The van der Waals surface area contributed by atoms with Crippen LogP contribution < -0.4 is 5.32 Å². The first kappa shape index (κ1) is 58.1. The summed E-state index contributed by atoms with van der Waals surface area (Å²) in [7, 11) is 0.